The van der Waals surface area contributed by atoms with Crippen molar-refractivity contribution in [2.24, 2.45) is 0 Å². The first kappa shape index (κ1) is 16.2. The van der Waals surface area contributed by atoms with Gasteiger partial charge in [0.2, 0.25) is 0 Å². The number of unbranched alkanes of at least 4 members (excludes halogenated alkanes) is 2. The Kier molecular flexibility index (Phi) is 6.39. The van der Waals surface area contributed by atoms with E-state index in [1.807, 2.05) is 23.9 Å². The van der Waals surface area contributed by atoms with Gasteiger partial charge in [-0.25, -0.2) is 4.79 Å². The lowest BCUT2D eigenvalue weighted by molar-refractivity contribution is 0.252. The predicted molar refractivity (Wildman–Crippen MR) is 90.8 cm³/mol. The monoisotopic (exact) mass is 307 g/mol. The highest BCUT2D eigenvalue weighted by Gasteiger charge is 2.22. The Labute approximate surface area is 131 Å². The second kappa shape index (κ2) is 8.29. The molecule has 1 aromatic carbocycles. The van der Waals surface area contributed by atoms with Gasteiger partial charge in [0.05, 0.1) is 5.37 Å². The number of benzene rings is 1. The number of hydrogen-bond acceptors (Lipinski definition) is 3. The van der Waals surface area contributed by atoms with Crippen LogP contribution < -0.4 is 10.6 Å². The van der Waals surface area contributed by atoms with Crippen molar-refractivity contribution in [1.29, 1.82) is 0 Å². The van der Waals surface area contributed by atoms with Gasteiger partial charge in [0.25, 0.3) is 0 Å². The molecule has 0 spiro atoms. The third kappa shape index (κ3) is 4.93. The molecule has 0 aromatic heterocycles. The number of carbonyl (C=O) groups excluding carboxylic acids is 1. The van der Waals surface area contributed by atoms with Crippen LogP contribution in [0.5, 0.6) is 0 Å². The third-order valence-corrected chi connectivity index (χ3v) is 5.01. The lowest BCUT2D eigenvalue weighted by Gasteiger charge is -2.19. The molecule has 2 rings (SSSR count). The van der Waals surface area contributed by atoms with Crippen LogP contribution in [0.3, 0.4) is 0 Å². The maximum absolute atomic E-state index is 11.7. The summed E-state index contributed by atoms with van der Waals surface area (Å²) in [5.74, 6) is 1.18. The molecule has 1 aliphatic heterocycles. The maximum atomic E-state index is 11.7. The molecule has 2 amide bonds. The fraction of sp³-hybridized carbons (Fsp3) is 0.562. The first-order valence-electron chi connectivity index (χ1n) is 7.67. The second-order valence-corrected chi connectivity index (χ2v) is 6.60. The van der Waals surface area contributed by atoms with E-state index in [0.717, 1.165) is 31.6 Å². The number of rotatable bonds is 6. The Hall–Kier alpha value is -1.20. The van der Waals surface area contributed by atoms with Gasteiger partial charge in [-0.1, -0.05) is 31.9 Å². The molecule has 21 heavy (non-hydrogen) atoms. The number of urea groups is 1. The fourth-order valence-corrected chi connectivity index (χ4v) is 3.71. The molecule has 1 fully saturated rings. The Morgan fingerprint density at radius 2 is 2.10 bits per heavy atom. The first-order chi connectivity index (χ1) is 10.2. The first-order valence-corrected chi connectivity index (χ1v) is 8.72. The van der Waals surface area contributed by atoms with Gasteiger partial charge in [-0.05, 0) is 31.2 Å². The average Bonchev–Trinajstić information content (AvgIpc) is 2.91. The molecule has 0 aliphatic carbocycles. The molecule has 0 bridgehead atoms. The van der Waals surface area contributed by atoms with E-state index in [4.69, 9.17) is 0 Å². The predicted octanol–water partition coefficient (Wildman–Crippen LogP) is 3.68. The van der Waals surface area contributed by atoms with Gasteiger partial charge in [0.1, 0.15) is 0 Å². The van der Waals surface area contributed by atoms with Crippen molar-refractivity contribution >= 4 is 23.5 Å². The summed E-state index contributed by atoms with van der Waals surface area (Å²) in [6.07, 6.45) is 3.36. The summed E-state index contributed by atoms with van der Waals surface area (Å²) in [5, 5.41) is 6.20. The summed E-state index contributed by atoms with van der Waals surface area (Å²) in [6.45, 7) is 4.03. The zero-order valence-electron chi connectivity index (χ0n) is 12.9. The molecule has 2 N–H and O–H groups in total. The van der Waals surface area contributed by atoms with Crippen LogP contribution in [0.25, 0.3) is 0 Å². The quantitative estimate of drug-likeness (QED) is 0.788. The van der Waals surface area contributed by atoms with Crippen molar-refractivity contribution in [2.75, 3.05) is 31.2 Å². The molecule has 1 heterocycles. The number of hydrogen-bond donors (Lipinski definition) is 2. The van der Waals surface area contributed by atoms with Crippen LogP contribution in [0.2, 0.25) is 0 Å². The van der Waals surface area contributed by atoms with Gasteiger partial charge in [0, 0.05) is 24.5 Å². The summed E-state index contributed by atoms with van der Waals surface area (Å²) in [4.78, 5) is 14.1. The van der Waals surface area contributed by atoms with E-state index >= 15 is 0 Å². The number of nitrogens with zero attached hydrogens (tertiary/aromatic N) is 1. The largest absolute Gasteiger partial charge is 0.338 e. The number of amides is 2. The van der Waals surface area contributed by atoms with Crippen molar-refractivity contribution in [3.05, 3.63) is 29.8 Å². The standard InChI is InChI=1S/C16H25N3OS/c1-3-4-5-10-17-16(20)18-14-8-6-13(7-9-14)15-19(2)11-12-21-15/h6-9,15H,3-5,10-12H2,1-2H3,(H2,17,18,20). The van der Waals surface area contributed by atoms with Gasteiger partial charge < -0.3 is 10.6 Å². The Morgan fingerprint density at radius 3 is 2.71 bits per heavy atom. The second-order valence-electron chi connectivity index (χ2n) is 5.41. The molecule has 5 heteroatoms. The van der Waals surface area contributed by atoms with Crippen LogP contribution in [0.15, 0.2) is 24.3 Å². The molecule has 1 atom stereocenters. The van der Waals surface area contributed by atoms with Crippen LogP contribution in [0.1, 0.15) is 37.1 Å². The normalized spacial score (nSPS) is 18.7. The number of anilines is 1. The number of nitrogens with one attached hydrogen (secondary N) is 2. The van der Waals surface area contributed by atoms with E-state index in [0.29, 0.717) is 5.37 Å². The molecule has 1 aromatic rings. The minimum atomic E-state index is -0.119. The maximum Gasteiger partial charge on any atom is 0.319 e. The smallest absolute Gasteiger partial charge is 0.319 e. The molecule has 0 radical (unpaired) electrons. The summed E-state index contributed by atoms with van der Waals surface area (Å²) in [7, 11) is 2.15. The van der Waals surface area contributed by atoms with E-state index in [9.17, 15) is 4.79 Å². The summed E-state index contributed by atoms with van der Waals surface area (Å²) in [6, 6.07) is 8.05. The van der Waals surface area contributed by atoms with E-state index in [1.165, 1.54) is 17.7 Å². The summed E-state index contributed by atoms with van der Waals surface area (Å²) < 4.78 is 0. The average molecular weight is 307 g/mol. The van der Waals surface area contributed by atoms with E-state index < -0.39 is 0 Å². The Bertz CT molecular complexity index is 449. The molecule has 116 valence electrons. The zero-order valence-corrected chi connectivity index (χ0v) is 13.7. The van der Waals surface area contributed by atoms with Gasteiger partial charge in [-0.15, -0.1) is 11.8 Å². The molecular weight excluding hydrogens is 282 g/mol. The van der Waals surface area contributed by atoms with Crippen molar-refractivity contribution in [1.82, 2.24) is 10.2 Å². The minimum Gasteiger partial charge on any atom is -0.338 e. The molecule has 0 saturated carbocycles. The van der Waals surface area contributed by atoms with Gasteiger partial charge in [0.15, 0.2) is 0 Å². The van der Waals surface area contributed by atoms with Crippen LogP contribution in [-0.4, -0.2) is 36.8 Å². The van der Waals surface area contributed by atoms with Crippen molar-refractivity contribution in [2.45, 2.75) is 31.6 Å². The van der Waals surface area contributed by atoms with Crippen LogP contribution >= 0.6 is 11.8 Å². The van der Waals surface area contributed by atoms with Crippen molar-refractivity contribution in [3.63, 3.8) is 0 Å². The lowest BCUT2D eigenvalue weighted by atomic mass is 10.2. The van der Waals surface area contributed by atoms with Gasteiger partial charge in [-0.2, -0.15) is 0 Å². The van der Waals surface area contributed by atoms with Crippen LogP contribution in [0.4, 0.5) is 10.5 Å². The van der Waals surface area contributed by atoms with Crippen LogP contribution in [0, 0.1) is 0 Å². The highest BCUT2D eigenvalue weighted by molar-refractivity contribution is 7.99. The molecule has 1 aliphatic rings. The highest BCUT2D eigenvalue weighted by atomic mass is 32.2. The van der Waals surface area contributed by atoms with Gasteiger partial charge in [-0.3, -0.25) is 4.90 Å². The van der Waals surface area contributed by atoms with Crippen molar-refractivity contribution in [3.8, 4) is 0 Å². The highest BCUT2D eigenvalue weighted by Crippen LogP contribution is 2.36. The lowest BCUT2D eigenvalue weighted by Crippen LogP contribution is -2.29. The van der Waals surface area contributed by atoms with Crippen molar-refractivity contribution < 1.29 is 4.79 Å². The number of carbonyl (C=O) groups is 1. The molecule has 1 saturated heterocycles. The topological polar surface area (TPSA) is 44.4 Å². The zero-order chi connectivity index (χ0) is 15.1. The molecule has 4 nitrogen and oxygen atoms in total. The number of thioether (sulfide) groups is 1. The van der Waals surface area contributed by atoms with E-state index in [-0.39, 0.29) is 6.03 Å². The summed E-state index contributed by atoms with van der Waals surface area (Å²) in [5.41, 5.74) is 2.14. The molecule has 1 unspecified atom stereocenters. The molecular formula is C16H25N3OS. The van der Waals surface area contributed by atoms with E-state index in [1.54, 1.807) is 0 Å². The SMILES string of the molecule is CCCCCNC(=O)Nc1ccc(C2SCCN2C)cc1. The van der Waals surface area contributed by atoms with Crippen LogP contribution in [-0.2, 0) is 0 Å². The third-order valence-electron chi connectivity index (χ3n) is 3.64. The fourth-order valence-electron chi connectivity index (χ4n) is 2.39. The minimum absolute atomic E-state index is 0.119. The summed E-state index contributed by atoms with van der Waals surface area (Å²) >= 11 is 1.97. The Balaban J connectivity index is 1.80. The van der Waals surface area contributed by atoms with E-state index in [2.05, 4.69) is 41.6 Å². The van der Waals surface area contributed by atoms with Gasteiger partial charge >= 0.3 is 6.03 Å². The Morgan fingerprint density at radius 1 is 1.33 bits per heavy atom.